The van der Waals surface area contributed by atoms with E-state index in [4.69, 9.17) is 4.74 Å². The molecule has 1 aromatic rings. The first-order chi connectivity index (χ1) is 8.47. The van der Waals surface area contributed by atoms with Gasteiger partial charge in [-0.1, -0.05) is 36.4 Å². The normalized spacial score (nSPS) is 12.2. The van der Waals surface area contributed by atoms with Crippen molar-refractivity contribution in [2.24, 2.45) is 4.99 Å². The van der Waals surface area contributed by atoms with E-state index in [9.17, 15) is 4.79 Å². The number of hydrogen-bond acceptors (Lipinski definition) is 3. The molecule has 0 atom stereocenters. The highest BCUT2D eigenvalue weighted by Gasteiger charge is 2.14. The first-order valence-electron chi connectivity index (χ1n) is 5.91. The number of carbonyl (C=O) groups excluding carboxylic acids is 1. The van der Waals surface area contributed by atoms with Crippen molar-refractivity contribution < 1.29 is 9.53 Å². The fourth-order valence-electron chi connectivity index (χ4n) is 1.28. The van der Waals surface area contributed by atoms with Gasteiger partial charge >= 0.3 is 5.97 Å². The largest absolute Gasteiger partial charge is 0.459 e. The van der Waals surface area contributed by atoms with Gasteiger partial charge in [0.2, 0.25) is 0 Å². The zero-order valence-electron chi connectivity index (χ0n) is 11.1. The molecule has 0 N–H and O–H groups in total. The van der Waals surface area contributed by atoms with Gasteiger partial charge in [-0.3, -0.25) is 9.79 Å². The summed E-state index contributed by atoms with van der Waals surface area (Å²) in [6.45, 7) is 5.56. The topological polar surface area (TPSA) is 38.7 Å². The molecule has 0 bridgehead atoms. The number of benzene rings is 1. The van der Waals surface area contributed by atoms with E-state index < -0.39 is 5.60 Å². The van der Waals surface area contributed by atoms with Gasteiger partial charge in [0.25, 0.3) is 0 Å². The molecular formula is C15H19NO2. The molecule has 1 aromatic carbocycles. The number of carbonyl (C=O) groups is 1. The fourth-order valence-corrected chi connectivity index (χ4v) is 1.28. The summed E-state index contributed by atoms with van der Waals surface area (Å²) >= 11 is 0. The number of rotatable bonds is 4. The number of nitrogens with zero attached hydrogens (tertiary/aromatic N) is 1. The number of aliphatic imine (C=N–C) groups is 1. The fraction of sp³-hybridized carbons (Fsp3) is 0.333. The third-order valence-electron chi connectivity index (χ3n) is 1.92. The summed E-state index contributed by atoms with van der Waals surface area (Å²) < 4.78 is 5.13. The summed E-state index contributed by atoms with van der Waals surface area (Å²) in [7, 11) is 0. The Morgan fingerprint density at radius 3 is 2.56 bits per heavy atom. The summed E-state index contributed by atoms with van der Waals surface area (Å²) in [5, 5.41) is 0. The predicted octanol–water partition coefficient (Wildman–Crippen LogP) is 3.11. The Balaban J connectivity index is 2.34. The average molecular weight is 245 g/mol. The highest BCUT2D eigenvalue weighted by Crippen LogP contribution is 2.06. The Kier molecular flexibility index (Phi) is 5.31. The lowest BCUT2D eigenvalue weighted by atomic mass is 10.2. The minimum Gasteiger partial charge on any atom is -0.459 e. The summed E-state index contributed by atoms with van der Waals surface area (Å²) in [5.41, 5.74) is 0.646. The third kappa shape index (κ3) is 6.63. The molecule has 3 heteroatoms. The summed E-state index contributed by atoms with van der Waals surface area (Å²) in [4.78, 5) is 15.3. The standard InChI is InChI=1S/C15H19NO2/c1-15(2,3)18-14(17)12-16-11-7-10-13-8-5-4-6-9-13/h4-11H,12H2,1-3H3. The van der Waals surface area contributed by atoms with E-state index in [1.165, 1.54) is 0 Å². The smallest absolute Gasteiger partial charge is 0.328 e. The molecule has 0 amide bonds. The van der Waals surface area contributed by atoms with E-state index >= 15 is 0 Å². The molecule has 0 aliphatic carbocycles. The zero-order valence-corrected chi connectivity index (χ0v) is 11.1. The first kappa shape index (κ1) is 14.2. The Hall–Kier alpha value is -1.90. The summed E-state index contributed by atoms with van der Waals surface area (Å²) in [6, 6.07) is 9.90. The average Bonchev–Trinajstić information content (AvgIpc) is 2.27. The Morgan fingerprint density at radius 1 is 1.28 bits per heavy atom. The molecular weight excluding hydrogens is 226 g/mol. The molecule has 0 heterocycles. The lowest BCUT2D eigenvalue weighted by Crippen LogP contribution is -2.25. The molecule has 0 unspecified atom stereocenters. The molecule has 0 aliphatic heterocycles. The van der Waals surface area contributed by atoms with Crippen molar-refractivity contribution in [2.75, 3.05) is 6.54 Å². The molecule has 96 valence electrons. The second-order valence-corrected chi connectivity index (χ2v) is 4.85. The van der Waals surface area contributed by atoms with Crippen LogP contribution in [0.4, 0.5) is 0 Å². The van der Waals surface area contributed by atoms with Crippen molar-refractivity contribution in [3.8, 4) is 0 Å². The molecule has 1 rings (SSSR count). The van der Waals surface area contributed by atoms with Crippen LogP contribution in [0.3, 0.4) is 0 Å². The van der Waals surface area contributed by atoms with Crippen molar-refractivity contribution in [1.29, 1.82) is 0 Å². The van der Waals surface area contributed by atoms with Gasteiger partial charge in [-0.05, 0) is 32.4 Å². The quantitative estimate of drug-likeness (QED) is 0.604. The molecule has 0 radical (unpaired) electrons. The van der Waals surface area contributed by atoms with Gasteiger partial charge in [0.15, 0.2) is 0 Å². The van der Waals surface area contributed by atoms with E-state index in [0.717, 1.165) is 5.56 Å². The van der Waals surface area contributed by atoms with Gasteiger partial charge in [0, 0.05) is 6.21 Å². The minimum absolute atomic E-state index is 0.0520. The zero-order chi connectivity index (χ0) is 13.4. The van der Waals surface area contributed by atoms with Gasteiger partial charge in [-0.15, -0.1) is 0 Å². The van der Waals surface area contributed by atoms with Gasteiger partial charge in [0.05, 0.1) is 0 Å². The van der Waals surface area contributed by atoms with E-state index in [-0.39, 0.29) is 12.5 Å². The van der Waals surface area contributed by atoms with Crippen LogP contribution in [0.25, 0.3) is 6.08 Å². The maximum absolute atomic E-state index is 11.3. The molecule has 3 nitrogen and oxygen atoms in total. The molecule has 0 aliphatic rings. The maximum atomic E-state index is 11.3. The number of ether oxygens (including phenoxy) is 1. The molecule has 0 saturated carbocycles. The van der Waals surface area contributed by atoms with Crippen molar-refractivity contribution in [3.05, 3.63) is 42.0 Å². The minimum atomic E-state index is -0.452. The van der Waals surface area contributed by atoms with E-state index in [1.54, 1.807) is 12.3 Å². The highest BCUT2D eigenvalue weighted by molar-refractivity contribution is 5.81. The Labute approximate surface area is 108 Å². The molecule has 0 spiro atoms. The Morgan fingerprint density at radius 2 is 1.94 bits per heavy atom. The maximum Gasteiger partial charge on any atom is 0.328 e. The second-order valence-electron chi connectivity index (χ2n) is 4.85. The SMILES string of the molecule is CC(C)(C)OC(=O)CN=CC=Cc1ccccc1. The van der Waals surface area contributed by atoms with Crippen LogP contribution in [-0.2, 0) is 9.53 Å². The van der Waals surface area contributed by atoms with Gasteiger partial charge in [-0.25, -0.2) is 0 Å². The Bertz CT molecular complexity index is 428. The van der Waals surface area contributed by atoms with Crippen LogP contribution in [-0.4, -0.2) is 24.3 Å². The number of allylic oxidation sites excluding steroid dienone is 1. The molecule has 18 heavy (non-hydrogen) atoms. The monoisotopic (exact) mass is 245 g/mol. The van der Waals surface area contributed by atoms with Crippen LogP contribution in [0.5, 0.6) is 0 Å². The lowest BCUT2D eigenvalue weighted by Gasteiger charge is -2.18. The van der Waals surface area contributed by atoms with Crippen molar-refractivity contribution >= 4 is 18.3 Å². The third-order valence-corrected chi connectivity index (χ3v) is 1.92. The van der Waals surface area contributed by atoms with E-state index in [0.29, 0.717) is 0 Å². The molecule has 0 aromatic heterocycles. The van der Waals surface area contributed by atoms with Gasteiger partial charge in [-0.2, -0.15) is 0 Å². The van der Waals surface area contributed by atoms with Crippen LogP contribution < -0.4 is 0 Å². The lowest BCUT2D eigenvalue weighted by molar-refractivity contribution is -0.152. The van der Waals surface area contributed by atoms with E-state index in [2.05, 4.69) is 4.99 Å². The van der Waals surface area contributed by atoms with Crippen molar-refractivity contribution in [1.82, 2.24) is 0 Å². The first-order valence-corrected chi connectivity index (χ1v) is 5.91. The highest BCUT2D eigenvalue weighted by atomic mass is 16.6. The van der Waals surface area contributed by atoms with Gasteiger partial charge in [0.1, 0.15) is 12.1 Å². The van der Waals surface area contributed by atoms with Crippen molar-refractivity contribution in [2.45, 2.75) is 26.4 Å². The number of esters is 1. The summed E-state index contributed by atoms with van der Waals surface area (Å²) in [6.07, 6.45) is 5.34. The van der Waals surface area contributed by atoms with Crippen LogP contribution >= 0.6 is 0 Å². The van der Waals surface area contributed by atoms with Crippen LogP contribution in [0, 0.1) is 0 Å². The second kappa shape index (κ2) is 6.74. The van der Waals surface area contributed by atoms with Crippen LogP contribution in [0.2, 0.25) is 0 Å². The van der Waals surface area contributed by atoms with Crippen LogP contribution in [0.15, 0.2) is 41.4 Å². The molecule has 0 fully saturated rings. The van der Waals surface area contributed by atoms with Crippen molar-refractivity contribution in [3.63, 3.8) is 0 Å². The number of hydrogen-bond donors (Lipinski definition) is 0. The summed E-state index contributed by atoms with van der Waals surface area (Å²) in [5.74, 6) is -0.313. The molecule has 0 saturated heterocycles. The van der Waals surface area contributed by atoms with E-state index in [1.807, 2.05) is 57.2 Å². The van der Waals surface area contributed by atoms with Gasteiger partial charge < -0.3 is 4.74 Å². The van der Waals surface area contributed by atoms with Crippen LogP contribution in [0.1, 0.15) is 26.3 Å². The predicted molar refractivity (Wildman–Crippen MR) is 74.7 cm³/mol.